The third-order valence-corrected chi connectivity index (χ3v) is 5.24. The van der Waals surface area contributed by atoms with E-state index >= 15 is 0 Å². The molecule has 0 radical (unpaired) electrons. The standard InChI is InChI=1S/C23H22N4OS/c1-16-6-4-10-19(14-16)22-25-26-23(29)27(22)15-21(28)24-13-12-18-9-5-8-17-7-2-3-11-20(17)18/h2-11,14H,12-13,15H2,1H3,(H,24,28)(H,26,29). The van der Waals surface area contributed by atoms with E-state index in [9.17, 15) is 4.79 Å². The predicted octanol–water partition coefficient (Wildman–Crippen LogP) is 4.43. The van der Waals surface area contributed by atoms with E-state index in [2.05, 4.69) is 45.8 Å². The van der Waals surface area contributed by atoms with Crippen molar-refractivity contribution >= 4 is 28.9 Å². The normalized spacial score (nSPS) is 10.9. The number of hydrogen-bond acceptors (Lipinski definition) is 3. The number of aromatic nitrogens is 3. The number of aromatic amines is 1. The minimum atomic E-state index is -0.0864. The van der Waals surface area contributed by atoms with Crippen molar-refractivity contribution in [1.82, 2.24) is 20.1 Å². The highest BCUT2D eigenvalue weighted by Gasteiger charge is 2.12. The van der Waals surface area contributed by atoms with Gasteiger partial charge in [0.05, 0.1) is 0 Å². The zero-order valence-electron chi connectivity index (χ0n) is 16.2. The number of carbonyl (C=O) groups excluding carboxylic acids is 1. The second-order valence-electron chi connectivity index (χ2n) is 7.05. The van der Waals surface area contributed by atoms with Crippen molar-refractivity contribution in [2.75, 3.05) is 6.54 Å². The number of nitrogens with one attached hydrogen (secondary N) is 2. The van der Waals surface area contributed by atoms with Crippen LogP contribution >= 0.6 is 12.2 Å². The summed E-state index contributed by atoms with van der Waals surface area (Å²) in [7, 11) is 0. The fourth-order valence-corrected chi connectivity index (χ4v) is 3.71. The van der Waals surface area contributed by atoms with Crippen molar-refractivity contribution in [3.63, 3.8) is 0 Å². The number of benzene rings is 3. The van der Waals surface area contributed by atoms with Crippen LogP contribution in [0, 0.1) is 11.7 Å². The van der Waals surface area contributed by atoms with E-state index < -0.39 is 0 Å². The van der Waals surface area contributed by atoms with Gasteiger partial charge in [-0.1, -0.05) is 66.2 Å². The predicted molar refractivity (Wildman–Crippen MR) is 118 cm³/mol. The van der Waals surface area contributed by atoms with Crippen molar-refractivity contribution in [2.45, 2.75) is 19.9 Å². The maximum absolute atomic E-state index is 12.5. The Kier molecular flexibility index (Phi) is 5.53. The molecule has 1 heterocycles. The molecule has 0 saturated heterocycles. The molecule has 0 atom stereocenters. The van der Waals surface area contributed by atoms with Crippen LogP contribution in [-0.2, 0) is 17.8 Å². The zero-order valence-corrected chi connectivity index (χ0v) is 17.0. The minimum Gasteiger partial charge on any atom is -0.354 e. The monoisotopic (exact) mass is 402 g/mol. The maximum atomic E-state index is 12.5. The molecule has 4 aromatic rings. The number of fused-ring (bicyclic) bond motifs is 1. The van der Waals surface area contributed by atoms with Crippen LogP contribution in [0.1, 0.15) is 11.1 Å². The minimum absolute atomic E-state index is 0.0864. The van der Waals surface area contributed by atoms with Crippen molar-refractivity contribution in [3.8, 4) is 11.4 Å². The van der Waals surface area contributed by atoms with Gasteiger partial charge in [-0.15, -0.1) is 0 Å². The first kappa shape index (κ1) is 19.1. The van der Waals surface area contributed by atoms with Gasteiger partial charge in [0, 0.05) is 12.1 Å². The molecule has 146 valence electrons. The van der Waals surface area contributed by atoms with E-state index in [-0.39, 0.29) is 12.5 Å². The van der Waals surface area contributed by atoms with Crippen molar-refractivity contribution in [3.05, 3.63) is 82.6 Å². The molecular weight excluding hydrogens is 380 g/mol. The molecule has 0 fully saturated rings. The lowest BCUT2D eigenvalue weighted by Crippen LogP contribution is -2.29. The molecule has 0 saturated carbocycles. The van der Waals surface area contributed by atoms with Crippen molar-refractivity contribution in [1.29, 1.82) is 0 Å². The first-order valence-electron chi connectivity index (χ1n) is 9.57. The van der Waals surface area contributed by atoms with Crippen LogP contribution in [0.2, 0.25) is 0 Å². The summed E-state index contributed by atoms with van der Waals surface area (Å²) in [5, 5.41) is 12.5. The Morgan fingerprint density at radius 3 is 2.76 bits per heavy atom. The highest BCUT2D eigenvalue weighted by molar-refractivity contribution is 7.71. The number of aryl methyl sites for hydroxylation is 1. The van der Waals surface area contributed by atoms with Gasteiger partial charge in [0.15, 0.2) is 10.6 Å². The molecule has 4 rings (SSSR count). The molecule has 3 aromatic carbocycles. The average molecular weight is 403 g/mol. The lowest BCUT2D eigenvalue weighted by Gasteiger charge is -2.10. The van der Waals surface area contributed by atoms with Gasteiger partial charge in [0.1, 0.15) is 6.54 Å². The second-order valence-corrected chi connectivity index (χ2v) is 7.43. The molecule has 0 aliphatic carbocycles. The zero-order chi connectivity index (χ0) is 20.2. The maximum Gasteiger partial charge on any atom is 0.240 e. The Balaban J connectivity index is 1.43. The van der Waals surface area contributed by atoms with Gasteiger partial charge in [-0.2, -0.15) is 5.10 Å². The summed E-state index contributed by atoms with van der Waals surface area (Å²) in [4.78, 5) is 12.5. The van der Waals surface area contributed by atoms with E-state index in [4.69, 9.17) is 12.2 Å². The number of hydrogen-bond donors (Lipinski definition) is 2. The van der Waals surface area contributed by atoms with Gasteiger partial charge in [0.2, 0.25) is 5.91 Å². The van der Waals surface area contributed by atoms with Gasteiger partial charge < -0.3 is 5.32 Å². The number of H-pyrrole nitrogens is 1. The van der Waals surface area contributed by atoms with Crippen LogP contribution in [0.4, 0.5) is 0 Å². The molecule has 6 heteroatoms. The summed E-state index contributed by atoms with van der Waals surface area (Å²) in [5.41, 5.74) is 3.28. The number of carbonyl (C=O) groups is 1. The Hall–Kier alpha value is -3.25. The fraction of sp³-hybridized carbons (Fsp3) is 0.174. The molecule has 0 bridgehead atoms. The molecular formula is C23H22N4OS. The van der Waals surface area contributed by atoms with Crippen molar-refractivity contribution in [2.24, 2.45) is 0 Å². The molecule has 5 nitrogen and oxygen atoms in total. The molecule has 2 N–H and O–H groups in total. The molecule has 1 amide bonds. The Morgan fingerprint density at radius 2 is 1.90 bits per heavy atom. The largest absolute Gasteiger partial charge is 0.354 e. The van der Waals surface area contributed by atoms with Gasteiger partial charge in [-0.05, 0) is 48.0 Å². The molecule has 0 unspecified atom stereocenters. The van der Waals surface area contributed by atoms with Crippen LogP contribution in [0.3, 0.4) is 0 Å². The van der Waals surface area contributed by atoms with E-state index in [0.717, 1.165) is 17.5 Å². The lowest BCUT2D eigenvalue weighted by atomic mass is 10.0. The summed E-state index contributed by atoms with van der Waals surface area (Å²) >= 11 is 5.33. The van der Waals surface area contributed by atoms with Crippen LogP contribution < -0.4 is 5.32 Å². The Morgan fingerprint density at radius 1 is 1.10 bits per heavy atom. The average Bonchev–Trinajstić information content (AvgIpc) is 3.08. The number of amides is 1. The van der Waals surface area contributed by atoms with Crippen LogP contribution in [0.15, 0.2) is 66.7 Å². The Bertz CT molecular complexity index is 1220. The molecule has 0 aliphatic heterocycles. The van der Waals surface area contributed by atoms with E-state index in [1.54, 1.807) is 4.57 Å². The number of nitrogens with zero attached hydrogens (tertiary/aromatic N) is 2. The van der Waals surface area contributed by atoms with Crippen LogP contribution in [0.5, 0.6) is 0 Å². The van der Waals surface area contributed by atoms with Crippen molar-refractivity contribution < 1.29 is 4.79 Å². The molecule has 0 spiro atoms. The lowest BCUT2D eigenvalue weighted by molar-refractivity contribution is -0.121. The van der Waals surface area contributed by atoms with E-state index in [1.807, 2.05) is 43.3 Å². The van der Waals surface area contributed by atoms with E-state index in [1.165, 1.54) is 16.3 Å². The molecule has 1 aromatic heterocycles. The third kappa shape index (κ3) is 4.27. The second kappa shape index (κ2) is 8.41. The molecule has 29 heavy (non-hydrogen) atoms. The quantitative estimate of drug-likeness (QED) is 0.469. The highest BCUT2D eigenvalue weighted by atomic mass is 32.1. The van der Waals surface area contributed by atoms with Gasteiger partial charge in [-0.3, -0.25) is 14.5 Å². The highest BCUT2D eigenvalue weighted by Crippen LogP contribution is 2.19. The SMILES string of the molecule is Cc1cccc(-c2n[nH]c(=S)n2CC(=O)NCCc2cccc3ccccc23)c1. The summed E-state index contributed by atoms with van der Waals surface area (Å²) in [5.74, 6) is 0.583. The summed E-state index contributed by atoms with van der Waals surface area (Å²) in [6.45, 7) is 2.72. The van der Waals surface area contributed by atoms with E-state index in [0.29, 0.717) is 17.1 Å². The summed E-state index contributed by atoms with van der Waals surface area (Å²) in [6.07, 6.45) is 0.772. The summed E-state index contributed by atoms with van der Waals surface area (Å²) in [6, 6.07) is 22.5. The van der Waals surface area contributed by atoms with Crippen LogP contribution in [0.25, 0.3) is 22.2 Å². The smallest absolute Gasteiger partial charge is 0.240 e. The molecule has 0 aliphatic rings. The first-order chi connectivity index (χ1) is 14.1. The van der Waals surface area contributed by atoms with Gasteiger partial charge >= 0.3 is 0 Å². The topological polar surface area (TPSA) is 62.7 Å². The van der Waals surface area contributed by atoms with Crippen LogP contribution in [-0.4, -0.2) is 27.2 Å². The first-order valence-corrected chi connectivity index (χ1v) is 9.98. The summed E-state index contributed by atoms with van der Waals surface area (Å²) < 4.78 is 2.17. The number of rotatable bonds is 6. The fourth-order valence-electron chi connectivity index (χ4n) is 3.52. The van der Waals surface area contributed by atoms with Gasteiger partial charge in [-0.25, -0.2) is 0 Å². The van der Waals surface area contributed by atoms with Gasteiger partial charge in [0.25, 0.3) is 0 Å². The third-order valence-electron chi connectivity index (χ3n) is 4.93. The Labute approximate surface area is 174 Å².